The van der Waals surface area contributed by atoms with Crippen LogP contribution in [0, 0.1) is 0 Å². The number of benzene rings is 2. The Hall–Kier alpha value is -2.60. The first-order chi connectivity index (χ1) is 14.6. The van der Waals surface area contributed by atoms with Crippen LogP contribution in [-0.2, 0) is 16.0 Å². The highest BCUT2D eigenvalue weighted by molar-refractivity contribution is 7.22. The van der Waals surface area contributed by atoms with Crippen LogP contribution in [0.1, 0.15) is 56.1 Å². The molecule has 0 amide bonds. The predicted octanol–water partition coefficient (Wildman–Crippen LogP) is 5.48. The molecule has 2 unspecified atom stereocenters. The molecule has 1 saturated carbocycles. The van der Waals surface area contributed by atoms with Crippen molar-refractivity contribution in [1.82, 2.24) is 4.98 Å². The van der Waals surface area contributed by atoms with Crippen molar-refractivity contribution in [3.63, 3.8) is 0 Å². The fourth-order valence-corrected chi connectivity index (χ4v) is 4.96. The van der Waals surface area contributed by atoms with Crippen LogP contribution in [0.25, 0.3) is 10.2 Å². The number of fused-ring (bicyclic) bond motifs is 1. The lowest BCUT2D eigenvalue weighted by Crippen LogP contribution is -2.24. The van der Waals surface area contributed by atoms with E-state index in [0.717, 1.165) is 40.8 Å². The number of thiazole rings is 1. The van der Waals surface area contributed by atoms with Crippen LogP contribution in [0.3, 0.4) is 0 Å². The van der Waals surface area contributed by atoms with Crippen molar-refractivity contribution >= 4 is 32.7 Å². The van der Waals surface area contributed by atoms with Crippen LogP contribution in [0.15, 0.2) is 42.5 Å². The summed E-state index contributed by atoms with van der Waals surface area (Å²) in [5.74, 6) is 1.25. The van der Waals surface area contributed by atoms with Crippen molar-refractivity contribution in [2.24, 2.45) is 0 Å². The zero-order chi connectivity index (χ0) is 20.9. The van der Waals surface area contributed by atoms with E-state index in [1.165, 1.54) is 12.0 Å². The Morgan fingerprint density at radius 2 is 2.03 bits per heavy atom. The van der Waals surface area contributed by atoms with Gasteiger partial charge < -0.3 is 15.2 Å². The van der Waals surface area contributed by atoms with Crippen molar-refractivity contribution in [1.29, 1.82) is 0 Å². The topological polar surface area (TPSA) is 74.4 Å². The van der Waals surface area contributed by atoms with Gasteiger partial charge in [-0.25, -0.2) is 4.98 Å². The Kier molecular flexibility index (Phi) is 6.53. The van der Waals surface area contributed by atoms with E-state index in [9.17, 15) is 4.79 Å². The number of rotatable bonds is 7. The number of aromatic nitrogens is 1. The van der Waals surface area contributed by atoms with Crippen molar-refractivity contribution in [2.75, 3.05) is 12.3 Å². The fourth-order valence-electron chi connectivity index (χ4n) is 4.17. The summed E-state index contributed by atoms with van der Waals surface area (Å²) in [7, 11) is 0. The van der Waals surface area contributed by atoms with Gasteiger partial charge in [0.2, 0.25) is 0 Å². The minimum Gasteiger partial charge on any atom is -0.490 e. The van der Waals surface area contributed by atoms with Gasteiger partial charge in [-0.2, -0.15) is 0 Å². The summed E-state index contributed by atoms with van der Waals surface area (Å²) in [5.41, 5.74) is 9.30. The third-order valence-corrected chi connectivity index (χ3v) is 6.52. The maximum absolute atomic E-state index is 11.5. The SMILES string of the molecule is CCOC(=O)CCc1ccc(OC2CCCC(c3ccc4nc(N)sc4c3)C2)cc1. The summed E-state index contributed by atoms with van der Waals surface area (Å²) in [6.45, 7) is 2.26. The molecule has 1 aliphatic rings. The minimum atomic E-state index is -0.148. The Bertz CT molecular complexity index is 999. The second kappa shape index (κ2) is 9.47. The van der Waals surface area contributed by atoms with Gasteiger partial charge in [-0.3, -0.25) is 4.79 Å². The van der Waals surface area contributed by atoms with Gasteiger partial charge in [-0.1, -0.05) is 29.5 Å². The van der Waals surface area contributed by atoms with E-state index >= 15 is 0 Å². The summed E-state index contributed by atoms with van der Waals surface area (Å²) >= 11 is 1.55. The number of nitrogens with two attached hydrogens (primary N) is 1. The highest BCUT2D eigenvalue weighted by Gasteiger charge is 2.25. The predicted molar refractivity (Wildman–Crippen MR) is 121 cm³/mol. The highest BCUT2D eigenvalue weighted by Crippen LogP contribution is 2.37. The lowest BCUT2D eigenvalue weighted by Gasteiger charge is -2.30. The van der Waals surface area contributed by atoms with Gasteiger partial charge in [0.25, 0.3) is 0 Å². The number of hydrogen-bond donors (Lipinski definition) is 1. The standard InChI is InChI=1S/C24H28N2O3S/c1-2-28-23(27)13-8-16-6-10-19(11-7-16)29-20-5-3-4-17(14-20)18-9-12-21-22(15-18)30-24(25)26-21/h6-7,9-12,15,17,20H,2-5,8,13-14H2,1H3,(H2,25,26). The minimum absolute atomic E-state index is 0.148. The number of hydrogen-bond acceptors (Lipinski definition) is 6. The number of anilines is 1. The number of nitrogen functional groups attached to an aromatic ring is 1. The van der Waals surface area contributed by atoms with E-state index in [4.69, 9.17) is 15.2 Å². The summed E-state index contributed by atoms with van der Waals surface area (Å²) in [6, 6.07) is 14.6. The maximum Gasteiger partial charge on any atom is 0.306 e. The first-order valence-electron chi connectivity index (χ1n) is 10.7. The molecule has 158 valence electrons. The van der Waals surface area contributed by atoms with E-state index in [-0.39, 0.29) is 12.1 Å². The quantitative estimate of drug-likeness (QED) is 0.508. The van der Waals surface area contributed by atoms with Crippen LogP contribution in [-0.4, -0.2) is 23.7 Å². The van der Waals surface area contributed by atoms with E-state index in [0.29, 0.717) is 30.5 Å². The largest absolute Gasteiger partial charge is 0.490 e. The van der Waals surface area contributed by atoms with Crippen LogP contribution < -0.4 is 10.5 Å². The zero-order valence-electron chi connectivity index (χ0n) is 17.3. The number of carbonyl (C=O) groups excluding carboxylic acids is 1. The van der Waals surface area contributed by atoms with Gasteiger partial charge >= 0.3 is 5.97 Å². The third-order valence-electron chi connectivity index (χ3n) is 5.68. The van der Waals surface area contributed by atoms with Crippen LogP contribution >= 0.6 is 11.3 Å². The van der Waals surface area contributed by atoms with Gasteiger partial charge in [0.1, 0.15) is 5.75 Å². The summed E-state index contributed by atoms with van der Waals surface area (Å²) in [4.78, 5) is 15.9. The summed E-state index contributed by atoms with van der Waals surface area (Å²) < 4.78 is 12.4. The number of aryl methyl sites for hydroxylation is 1. The molecule has 1 aromatic heterocycles. The molecule has 1 heterocycles. The van der Waals surface area contributed by atoms with Crippen molar-refractivity contribution in [2.45, 2.75) is 57.5 Å². The summed E-state index contributed by atoms with van der Waals surface area (Å²) in [6.07, 6.45) is 5.77. The normalized spacial score (nSPS) is 19.0. The molecule has 0 bridgehead atoms. The Morgan fingerprint density at radius 3 is 2.83 bits per heavy atom. The number of ether oxygens (including phenoxy) is 2. The molecule has 0 aliphatic heterocycles. The van der Waals surface area contributed by atoms with Crippen molar-refractivity contribution < 1.29 is 14.3 Å². The molecule has 2 aromatic carbocycles. The number of nitrogens with zero attached hydrogens (tertiary/aromatic N) is 1. The molecule has 6 heteroatoms. The van der Waals surface area contributed by atoms with Crippen LogP contribution in [0.4, 0.5) is 5.13 Å². The van der Waals surface area contributed by atoms with E-state index in [2.05, 4.69) is 23.2 Å². The molecular formula is C24H28N2O3S. The second-order valence-corrected chi connectivity index (χ2v) is 8.89. The molecule has 0 spiro atoms. The molecule has 5 nitrogen and oxygen atoms in total. The first-order valence-corrected chi connectivity index (χ1v) is 11.5. The smallest absolute Gasteiger partial charge is 0.306 e. The fraction of sp³-hybridized carbons (Fsp3) is 0.417. The molecule has 0 radical (unpaired) electrons. The van der Waals surface area contributed by atoms with E-state index < -0.39 is 0 Å². The van der Waals surface area contributed by atoms with Crippen LogP contribution in [0.2, 0.25) is 0 Å². The molecular weight excluding hydrogens is 396 g/mol. The van der Waals surface area contributed by atoms with E-state index in [1.54, 1.807) is 11.3 Å². The number of esters is 1. The van der Waals surface area contributed by atoms with Crippen molar-refractivity contribution in [3.8, 4) is 5.75 Å². The van der Waals surface area contributed by atoms with Gasteiger partial charge in [-0.05, 0) is 80.3 Å². The Balaban J connectivity index is 1.34. The Labute approximate surface area is 181 Å². The number of carbonyl (C=O) groups is 1. The van der Waals surface area contributed by atoms with Crippen molar-refractivity contribution in [3.05, 3.63) is 53.6 Å². The third kappa shape index (κ3) is 5.11. The van der Waals surface area contributed by atoms with Gasteiger partial charge in [0, 0.05) is 6.42 Å². The molecule has 3 aromatic rings. The monoisotopic (exact) mass is 424 g/mol. The average molecular weight is 425 g/mol. The van der Waals surface area contributed by atoms with Crippen LogP contribution in [0.5, 0.6) is 5.75 Å². The second-order valence-electron chi connectivity index (χ2n) is 7.83. The molecule has 2 N–H and O–H groups in total. The molecule has 0 saturated heterocycles. The van der Waals surface area contributed by atoms with Gasteiger partial charge in [-0.15, -0.1) is 0 Å². The Morgan fingerprint density at radius 1 is 1.20 bits per heavy atom. The van der Waals surface area contributed by atoms with Gasteiger partial charge in [0.05, 0.1) is 22.9 Å². The summed E-state index contributed by atoms with van der Waals surface area (Å²) in [5, 5.41) is 0.623. The molecule has 1 fully saturated rings. The maximum atomic E-state index is 11.5. The molecule has 30 heavy (non-hydrogen) atoms. The highest BCUT2D eigenvalue weighted by atomic mass is 32.1. The molecule has 4 rings (SSSR count). The molecule has 2 atom stereocenters. The lowest BCUT2D eigenvalue weighted by atomic mass is 9.82. The molecule has 1 aliphatic carbocycles. The average Bonchev–Trinajstić information content (AvgIpc) is 3.13. The lowest BCUT2D eigenvalue weighted by molar-refractivity contribution is -0.143. The van der Waals surface area contributed by atoms with Gasteiger partial charge in [0.15, 0.2) is 5.13 Å². The first kappa shape index (κ1) is 20.7. The van der Waals surface area contributed by atoms with E-state index in [1.807, 2.05) is 31.2 Å². The zero-order valence-corrected chi connectivity index (χ0v) is 18.1.